The first-order valence-corrected chi connectivity index (χ1v) is 12.1. The molecule has 5 nitrogen and oxygen atoms in total. The van der Waals surface area contributed by atoms with Gasteiger partial charge in [-0.1, -0.05) is 72.7 Å². The predicted octanol–water partition coefficient (Wildman–Crippen LogP) is 6.36. The molecule has 3 rings (SSSR count). The number of esters is 2. The van der Waals surface area contributed by atoms with Crippen molar-refractivity contribution in [1.82, 2.24) is 0 Å². The molecular weight excluding hydrogens is 428 g/mol. The van der Waals surface area contributed by atoms with E-state index in [0.717, 1.165) is 28.7 Å². The summed E-state index contributed by atoms with van der Waals surface area (Å²) in [5.74, 6) is 0.479. The highest BCUT2D eigenvalue weighted by atomic mass is 16.6. The summed E-state index contributed by atoms with van der Waals surface area (Å²) >= 11 is 0. The van der Waals surface area contributed by atoms with Crippen LogP contribution in [0.3, 0.4) is 0 Å². The maximum Gasteiger partial charge on any atom is 0.323 e. The zero-order chi connectivity index (χ0) is 25.3. The second-order valence-electron chi connectivity index (χ2n) is 11.1. The van der Waals surface area contributed by atoms with Gasteiger partial charge in [-0.25, -0.2) is 0 Å². The normalized spacial score (nSPS) is 15.6. The molecule has 0 aliphatic carbocycles. The summed E-state index contributed by atoms with van der Waals surface area (Å²) in [6, 6.07) is 10.1. The van der Waals surface area contributed by atoms with Crippen LogP contribution in [0, 0.1) is 6.92 Å². The van der Waals surface area contributed by atoms with Crippen molar-refractivity contribution in [2.45, 2.75) is 85.0 Å². The number of aryl methyl sites for hydroxylation is 1. The molecule has 2 aromatic carbocycles. The Morgan fingerprint density at radius 2 is 1.71 bits per heavy atom. The fourth-order valence-corrected chi connectivity index (χ4v) is 4.17. The van der Waals surface area contributed by atoms with Gasteiger partial charge < -0.3 is 14.2 Å². The first-order valence-electron chi connectivity index (χ1n) is 12.1. The number of carbonyl (C=O) groups excluding carboxylic acids is 2. The van der Waals surface area contributed by atoms with Gasteiger partial charge in [0.05, 0.1) is 0 Å². The third-order valence-corrected chi connectivity index (χ3v) is 6.13. The predicted molar refractivity (Wildman–Crippen MR) is 134 cm³/mol. The van der Waals surface area contributed by atoms with E-state index in [-0.39, 0.29) is 36.0 Å². The summed E-state index contributed by atoms with van der Waals surface area (Å²) in [6.45, 7) is 17.4. The second kappa shape index (κ2) is 9.81. The average Bonchev–Trinajstić information content (AvgIpc) is 3.05. The van der Waals surface area contributed by atoms with E-state index in [1.165, 1.54) is 5.56 Å². The second-order valence-corrected chi connectivity index (χ2v) is 11.1. The molecule has 1 aliphatic rings. The van der Waals surface area contributed by atoms with Crippen molar-refractivity contribution < 1.29 is 23.8 Å². The Labute approximate surface area is 203 Å². The fraction of sp³-hybridized carbons (Fsp3) is 0.517. The molecule has 0 saturated heterocycles. The molecule has 0 fully saturated rings. The van der Waals surface area contributed by atoms with E-state index < -0.39 is 5.92 Å². The Hall–Kier alpha value is -2.82. The van der Waals surface area contributed by atoms with Gasteiger partial charge in [0.15, 0.2) is 0 Å². The van der Waals surface area contributed by atoms with Crippen LogP contribution in [-0.2, 0) is 25.2 Å². The number of fused-ring (bicyclic) bond motifs is 1. The summed E-state index contributed by atoms with van der Waals surface area (Å²) in [7, 11) is 0. The molecule has 0 saturated carbocycles. The summed E-state index contributed by atoms with van der Waals surface area (Å²) in [5.41, 5.74) is 4.76. The maximum absolute atomic E-state index is 13.1. The first kappa shape index (κ1) is 25.8. The Morgan fingerprint density at radius 1 is 1.00 bits per heavy atom. The van der Waals surface area contributed by atoms with Crippen LogP contribution in [0.25, 0.3) is 0 Å². The minimum atomic E-state index is -0.471. The summed E-state index contributed by atoms with van der Waals surface area (Å²) in [6.07, 6.45) is 1.18. The minimum Gasteiger partial charge on any atom is -0.490 e. The smallest absolute Gasteiger partial charge is 0.323 e. The lowest BCUT2D eigenvalue weighted by atomic mass is 9.77. The molecule has 184 valence electrons. The van der Waals surface area contributed by atoms with Crippen molar-refractivity contribution in [3.8, 4) is 11.5 Å². The molecule has 0 amide bonds. The van der Waals surface area contributed by atoms with Crippen LogP contribution < -0.4 is 9.47 Å². The molecular formula is C29H38O5. The fourth-order valence-electron chi connectivity index (χ4n) is 4.17. The molecule has 0 N–H and O–H groups in total. The van der Waals surface area contributed by atoms with Gasteiger partial charge >= 0.3 is 11.9 Å². The quantitative estimate of drug-likeness (QED) is 0.270. The van der Waals surface area contributed by atoms with E-state index in [0.29, 0.717) is 17.9 Å². The van der Waals surface area contributed by atoms with Crippen LogP contribution in [0.15, 0.2) is 30.3 Å². The zero-order valence-corrected chi connectivity index (χ0v) is 21.8. The minimum absolute atomic E-state index is 0.0561. The van der Waals surface area contributed by atoms with E-state index in [2.05, 4.69) is 53.7 Å². The standard InChI is InChI=1S/C29H38O5/c1-9-10-24(30)33-14-13-32-23-12-11-19(15-18(23)2)25-21-16-20(28(3,4)5)17-22(29(6,7)8)26(21)34-27(25)31/h11-12,15-17,25H,9-10,13-14H2,1-8H3. The largest absolute Gasteiger partial charge is 0.490 e. The van der Waals surface area contributed by atoms with Crippen LogP contribution in [0.1, 0.15) is 95.0 Å². The molecule has 1 aliphatic heterocycles. The summed E-state index contributed by atoms with van der Waals surface area (Å²) < 4.78 is 16.8. The molecule has 0 bridgehead atoms. The van der Waals surface area contributed by atoms with Crippen molar-refractivity contribution in [2.75, 3.05) is 13.2 Å². The molecule has 34 heavy (non-hydrogen) atoms. The van der Waals surface area contributed by atoms with E-state index in [4.69, 9.17) is 14.2 Å². The molecule has 0 aromatic heterocycles. The van der Waals surface area contributed by atoms with Gasteiger partial charge in [0.25, 0.3) is 0 Å². The van der Waals surface area contributed by atoms with Crippen LogP contribution in [-0.4, -0.2) is 25.2 Å². The SMILES string of the molecule is CCCC(=O)OCCOc1ccc(C2C(=O)Oc3c2cc(C(C)(C)C)cc3C(C)(C)C)cc1C. The Morgan fingerprint density at radius 3 is 2.29 bits per heavy atom. The molecule has 0 radical (unpaired) electrons. The third-order valence-electron chi connectivity index (χ3n) is 6.13. The van der Waals surface area contributed by atoms with Crippen molar-refractivity contribution in [3.63, 3.8) is 0 Å². The topological polar surface area (TPSA) is 61.8 Å². The number of carbonyl (C=O) groups is 2. The first-order chi connectivity index (χ1) is 15.8. The zero-order valence-electron chi connectivity index (χ0n) is 21.8. The van der Waals surface area contributed by atoms with Crippen LogP contribution >= 0.6 is 0 Å². The summed E-state index contributed by atoms with van der Waals surface area (Å²) in [5, 5.41) is 0. The third kappa shape index (κ3) is 5.63. The Balaban J connectivity index is 1.88. The molecule has 1 atom stereocenters. The highest BCUT2D eigenvalue weighted by Crippen LogP contribution is 2.47. The van der Waals surface area contributed by atoms with Crippen LogP contribution in [0.2, 0.25) is 0 Å². The van der Waals surface area contributed by atoms with Crippen molar-refractivity contribution in [1.29, 1.82) is 0 Å². The lowest BCUT2D eigenvalue weighted by molar-refractivity contribution is -0.144. The van der Waals surface area contributed by atoms with Gasteiger partial charge in [0, 0.05) is 17.5 Å². The lowest BCUT2D eigenvalue weighted by Gasteiger charge is -2.27. The molecule has 0 spiro atoms. The number of ether oxygens (including phenoxy) is 3. The Kier molecular flexibility index (Phi) is 7.44. The number of benzene rings is 2. The monoisotopic (exact) mass is 466 g/mol. The van der Waals surface area contributed by atoms with Crippen molar-refractivity contribution >= 4 is 11.9 Å². The van der Waals surface area contributed by atoms with E-state index in [1.807, 2.05) is 32.0 Å². The lowest BCUT2D eigenvalue weighted by Crippen LogP contribution is -2.17. The van der Waals surface area contributed by atoms with Gasteiger partial charge in [-0.2, -0.15) is 0 Å². The van der Waals surface area contributed by atoms with E-state index in [9.17, 15) is 9.59 Å². The van der Waals surface area contributed by atoms with Crippen LogP contribution in [0.5, 0.6) is 11.5 Å². The number of rotatable bonds is 7. The van der Waals surface area contributed by atoms with Crippen molar-refractivity contribution in [2.24, 2.45) is 0 Å². The highest BCUT2D eigenvalue weighted by molar-refractivity contribution is 5.90. The van der Waals surface area contributed by atoms with Gasteiger partial charge in [-0.3, -0.25) is 9.59 Å². The van der Waals surface area contributed by atoms with Gasteiger partial charge in [-0.05, 0) is 46.9 Å². The number of hydrogen-bond donors (Lipinski definition) is 0. The molecule has 1 heterocycles. The summed E-state index contributed by atoms with van der Waals surface area (Å²) in [4.78, 5) is 24.6. The van der Waals surface area contributed by atoms with E-state index in [1.54, 1.807) is 0 Å². The highest BCUT2D eigenvalue weighted by Gasteiger charge is 2.39. The van der Waals surface area contributed by atoms with Gasteiger partial charge in [0.2, 0.25) is 0 Å². The maximum atomic E-state index is 13.1. The molecule has 2 aromatic rings. The van der Waals surface area contributed by atoms with Gasteiger partial charge in [0.1, 0.15) is 30.6 Å². The molecule has 1 unspecified atom stereocenters. The van der Waals surface area contributed by atoms with Gasteiger partial charge in [-0.15, -0.1) is 0 Å². The average molecular weight is 467 g/mol. The Bertz CT molecular complexity index is 1070. The van der Waals surface area contributed by atoms with E-state index >= 15 is 0 Å². The number of hydrogen-bond acceptors (Lipinski definition) is 5. The molecule has 5 heteroatoms. The van der Waals surface area contributed by atoms with Crippen LogP contribution in [0.4, 0.5) is 0 Å². The van der Waals surface area contributed by atoms with Crippen molar-refractivity contribution in [3.05, 3.63) is 58.1 Å².